The third-order valence-electron chi connectivity index (χ3n) is 5.05. The van der Waals surface area contributed by atoms with Gasteiger partial charge in [0, 0.05) is 46.7 Å². The Labute approximate surface area is 183 Å². The minimum absolute atomic E-state index is 0.114. The summed E-state index contributed by atoms with van der Waals surface area (Å²) >= 11 is 1.54. The number of fused-ring (bicyclic) bond motifs is 1. The second kappa shape index (κ2) is 8.43. The molecule has 31 heavy (non-hydrogen) atoms. The van der Waals surface area contributed by atoms with Crippen molar-refractivity contribution < 1.29 is 4.79 Å². The second-order valence-corrected chi connectivity index (χ2v) is 8.71. The Bertz CT molecular complexity index is 1210. The summed E-state index contributed by atoms with van der Waals surface area (Å²) in [6.45, 7) is 2.14. The van der Waals surface area contributed by atoms with Crippen LogP contribution in [0.4, 0.5) is 17.5 Å². The van der Waals surface area contributed by atoms with Crippen LogP contribution in [0, 0.1) is 5.92 Å². The molecular formula is C22H23N7OS. The van der Waals surface area contributed by atoms with Gasteiger partial charge >= 0.3 is 0 Å². The van der Waals surface area contributed by atoms with E-state index in [1.54, 1.807) is 18.0 Å². The Morgan fingerprint density at radius 1 is 1.26 bits per heavy atom. The zero-order valence-electron chi connectivity index (χ0n) is 17.1. The van der Waals surface area contributed by atoms with E-state index >= 15 is 0 Å². The number of H-pyrrole nitrogens is 1. The van der Waals surface area contributed by atoms with E-state index in [4.69, 9.17) is 4.98 Å². The van der Waals surface area contributed by atoms with Gasteiger partial charge in [-0.15, -0.1) is 0 Å². The summed E-state index contributed by atoms with van der Waals surface area (Å²) in [6.07, 6.45) is 7.63. The fourth-order valence-electron chi connectivity index (χ4n) is 3.30. The van der Waals surface area contributed by atoms with Crippen molar-refractivity contribution in [2.24, 2.45) is 5.92 Å². The highest BCUT2D eigenvalue weighted by atomic mass is 32.2. The number of benzene rings is 1. The molecule has 5 rings (SSSR count). The molecule has 1 amide bonds. The van der Waals surface area contributed by atoms with Crippen LogP contribution >= 0.6 is 11.8 Å². The van der Waals surface area contributed by atoms with E-state index in [-0.39, 0.29) is 11.8 Å². The smallest absolute Gasteiger partial charge is 0.227 e. The van der Waals surface area contributed by atoms with Gasteiger partial charge in [-0.1, -0.05) is 25.1 Å². The summed E-state index contributed by atoms with van der Waals surface area (Å²) in [5.41, 5.74) is 2.71. The molecule has 8 nitrogen and oxygen atoms in total. The zero-order chi connectivity index (χ0) is 21.2. The van der Waals surface area contributed by atoms with Gasteiger partial charge in [-0.3, -0.25) is 14.3 Å². The topological polar surface area (TPSA) is 100 Å². The first-order chi connectivity index (χ1) is 15.2. The first kappa shape index (κ1) is 19.6. The molecule has 158 valence electrons. The Morgan fingerprint density at radius 3 is 2.87 bits per heavy atom. The molecule has 0 spiro atoms. The summed E-state index contributed by atoms with van der Waals surface area (Å²) < 4.78 is 1.90. The zero-order valence-corrected chi connectivity index (χ0v) is 17.9. The number of hydrogen-bond donors (Lipinski definition) is 3. The summed E-state index contributed by atoms with van der Waals surface area (Å²) in [5.74, 6) is 1.69. The molecule has 0 unspecified atom stereocenters. The lowest BCUT2D eigenvalue weighted by atomic mass is 10.2. The lowest BCUT2D eigenvalue weighted by Gasteiger charge is -2.09. The van der Waals surface area contributed by atoms with Gasteiger partial charge in [0.1, 0.15) is 10.7 Å². The first-order valence-corrected chi connectivity index (χ1v) is 11.2. The van der Waals surface area contributed by atoms with Gasteiger partial charge in [-0.2, -0.15) is 5.10 Å². The van der Waals surface area contributed by atoms with Crippen molar-refractivity contribution in [3.8, 4) is 0 Å². The van der Waals surface area contributed by atoms with Crippen molar-refractivity contribution in [3.63, 3.8) is 0 Å². The molecule has 1 saturated carbocycles. The van der Waals surface area contributed by atoms with E-state index in [1.807, 2.05) is 47.0 Å². The molecule has 3 aromatic heterocycles. The molecule has 0 saturated heterocycles. The molecule has 1 aliphatic carbocycles. The van der Waals surface area contributed by atoms with E-state index in [2.05, 4.69) is 32.7 Å². The fraction of sp³-hybridized carbons (Fsp3) is 0.273. The maximum Gasteiger partial charge on any atom is 0.227 e. The van der Waals surface area contributed by atoms with Gasteiger partial charge in [-0.05, 0) is 43.5 Å². The largest absolute Gasteiger partial charge is 0.326 e. The number of hydrogen-bond acceptors (Lipinski definition) is 6. The van der Waals surface area contributed by atoms with Gasteiger partial charge in [-0.25, -0.2) is 9.97 Å². The molecule has 3 heterocycles. The Kier molecular flexibility index (Phi) is 5.33. The molecule has 1 aliphatic rings. The van der Waals surface area contributed by atoms with Crippen LogP contribution in [0.25, 0.3) is 5.65 Å². The van der Waals surface area contributed by atoms with E-state index in [9.17, 15) is 4.79 Å². The minimum Gasteiger partial charge on any atom is -0.326 e. The third-order valence-corrected chi connectivity index (χ3v) is 5.97. The number of rotatable bonds is 8. The van der Waals surface area contributed by atoms with Crippen molar-refractivity contribution >= 4 is 40.8 Å². The molecule has 0 aliphatic heterocycles. The van der Waals surface area contributed by atoms with Crippen molar-refractivity contribution in [1.29, 1.82) is 0 Å². The Hall–Kier alpha value is -3.33. The Morgan fingerprint density at radius 2 is 2.10 bits per heavy atom. The fourth-order valence-corrected chi connectivity index (χ4v) is 4.11. The number of aryl methyl sites for hydroxylation is 1. The number of aromatic nitrogens is 5. The molecule has 1 fully saturated rings. The monoisotopic (exact) mass is 433 g/mol. The number of carbonyl (C=O) groups is 1. The molecule has 1 aromatic carbocycles. The SMILES string of the molecule is CCCc1cc(Nc2nc(Sc3ccc(NC(=O)C4CC4)cc3)cc3nccn23)n[nH]1. The lowest BCUT2D eigenvalue weighted by molar-refractivity contribution is -0.117. The molecule has 9 heteroatoms. The number of imidazole rings is 1. The molecule has 0 atom stereocenters. The number of nitrogens with one attached hydrogen (secondary N) is 3. The number of anilines is 3. The van der Waals surface area contributed by atoms with Crippen molar-refractivity contribution in [3.05, 3.63) is 54.5 Å². The van der Waals surface area contributed by atoms with Gasteiger partial charge in [0.2, 0.25) is 11.9 Å². The molecule has 0 bridgehead atoms. The van der Waals surface area contributed by atoms with Gasteiger partial charge in [0.25, 0.3) is 0 Å². The minimum atomic E-state index is 0.114. The van der Waals surface area contributed by atoms with E-state index < -0.39 is 0 Å². The number of nitrogens with zero attached hydrogens (tertiary/aromatic N) is 4. The average Bonchev–Trinajstić information content (AvgIpc) is 3.36. The number of carbonyl (C=O) groups excluding carboxylic acids is 1. The van der Waals surface area contributed by atoms with E-state index in [0.717, 1.165) is 58.5 Å². The normalized spacial score (nSPS) is 13.5. The highest BCUT2D eigenvalue weighted by Crippen LogP contribution is 2.32. The standard InChI is InChI=1S/C22H23N7OS/c1-2-3-16-12-18(28-27-16)25-22-26-20(13-19-23-10-11-29(19)22)31-17-8-6-15(7-9-17)24-21(30)14-4-5-14/h6-14H,2-5H2,1H3,(H,24,30)(H2,25,26,27,28). The number of aromatic amines is 1. The summed E-state index contributed by atoms with van der Waals surface area (Å²) in [7, 11) is 0. The van der Waals surface area contributed by atoms with Gasteiger partial charge in [0.15, 0.2) is 5.82 Å². The summed E-state index contributed by atoms with van der Waals surface area (Å²) in [5, 5.41) is 14.5. The predicted octanol–water partition coefficient (Wildman–Crippen LogP) is 4.65. The van der Waals surface area contributed by atoms with Crippen LogP contribution in [-0.4, -0.2) is 30.5 Å². The number of amides is 1. The van der Waals surface area contributed by atoms with E-state index in [0.29, 0.717) is 5.95 Å². The van der Waals surface area contributed by atoms with Crippen LogP contribution in [0.5, 0.6) is 0 Å². The first-order valence-electron chi connectivity index (χ1n) is 10.4. The summed E-state index contributed by atoms with van der Waals surface area (Å²) in [4.78, 5) is 22.1. The van der Waals surface area contributed by atoms with Crippen LogP contribution < -0.4 is 10.6 Å². The quantitative estimate of drug-likeness (QED) is 0.350. The van der Waals surface area contributed by atoms with Crippen molar-refractivity contribution in [2.45, 2.75) is 42.5 Å². The third kappa shape index (κ3) is 4.56. The molecule has 3 N–H and O–H groups in total. The predicted molar refractivity (Wildman–Crippen MR) is 121 cm³/mol. The lowest BCUT2D eigenvalue weighted by Crippen LogP contribution is -2.12. The molecular weight excluding hydrogens is 410 g/mol. The second-order valence-electron chi connectivity index (χ2n) is 7.62. The van der Waals surface area contributed by atoms with Crippen molar-refractivity contribution in [1.82, 2.24) is 24.6 Å². The average molecular weight is 434 g/mol. The van der Waals surface area contributed by atoms with Gasteiger partial charge < -0.3 is 10.6 Å². The maximum absolute atomic E-state index is 11.9. The highest BCUT2D eigenvalue weighted by Gasteiger charge is 2.29. The molecule has 0 radical (unpaired) electrons. The Balaban J connectivity index is 1.34. The van der Waals surface area contributed by atoms with Crippen LogP contribution in [0.2, 0.25) is 0 Å². The van der Waals surface area contributed by atoms with Gasteiger partial charge in [0.05, 0.1) is 0 Å². The van der Waals surface area contributed by atoms with Crippen molar-refractivity contribution in [2.75, 3.05) is 10.6 Å². The maximum atomic E-state index is 11.9. The van der Waals surface area contributed by atoms with Crippen LogP contribution in [0.15, 0.2) is 58.7 Å². The highest BCUT2D eigenvalue weighted by molar-refractivity contribution is 7.99. The van der Waals surface area contributed by atoms with Crippen LogP contribution in [0.3, 0.4) is 0 Å². The van der Waals surface area contributed by atoms with E-state index in [1.165, 1.54) is 0 Å². The van der Waals surface area contributed by atoms with Crippen LogP contribution in [-0.2, 0) is 11.2 Å². The summed E-state index contributed by atoms with van der Waals surface area (Å²) in [6, 6.07) is 11.8. The van der Waals surface area contributed by atoms with Crippen LogP contribution in [0.1, 0.15) is 31.9 Å². The molecule has 4 aromatic rings.